The molecule has 0 spiro atoms. The van der Waals surface area contributed by atoms with Crippen LogP contribution in [0.1, 0.15) is 13.3 Å². The first kappa shape index (κ1) is 13.9. The van der Waals surface area contributed by atoms with Crippen LogP contribution in [0.4, 0.5) is 8.78 Å². The third kappa shape index (κ3) is 2.24. The average Bonchev–Trinajstić information content (AvgIpc) is 2.30. The van der Waals surface area contributed by atoms with E-state index >= 15 is 0 Å². The van der Waals surface area contributed by atoms with Crippen molar-refractivity contribution < 1.29 is 33.3 Å². The van der Waals surface area contributed by atoms with Gasteiger partial charge in [0.05, 0.1) is 0 Å². The van der Waals surface area contributed by atoms with Crippen LogP contribution >= 0.6 is 0 Å². The summed E-state index contributed by atoms with van der Waals surface area (Å²) in [7, 11) is 0. The molecule has 0 atom stereocenters. The largest absolute Gasteiger partial charge is 0.478 e. The van der Waals surface area contributed by atoms with Gasteiger partial charge >= 0.3 is 17.5 Å². The van der Waals surface area contributed by atoms with Crippen molar-refractivity contribution in [1.82, 2.24) is 0 Å². The van der Waals surface area contributed by atoms with Gasteiger partial charge in [0.1, 0.15) is 0 Å². The maximum absolute atomic E-state index is 13.3. The summed E-state index contributed by atoms with van der Waals surface area (Å²) >= 11 is 0. The summed E-state index contributed by atoms with van der Waals surface area (Å²) < 4.78 is 30.9. The Morgan fingerprint density at radius 3 is 2.28 bits per heavy atom. The number of ether oxygens (including phenoxy) is 1. The SMILES string of the molecule is CCC(Oc1cccc(F)c1F)(C(=O)O)C(=O)O. The van der Waals surface area contributed by atoms with E-state index in [9.17, 15) is 18.4 Å². The summed E-state index contributed by atoms with van der Waals surface area (Å²) in [6.07, 6.45) is -0.451. The second-order valence-corrected chi connectivity index (χ2v) is 3.44. The fraction of sp³-hybridized carbons (Fsp3) is 0.273. The minimum Gasteiger partial charge on any atom is -0.478 e. The first-order valence-electron chi connectivity index (χ1n) is 4.95. The molecule has 18 heavy (non-hydrogen) atoms. The van der Waals surface area contributed by atoms with Crippen LogP contribution in [0.15, 0.2) is 18.2 Å². The van der Waals surface area contributed by atoms with Crippen LogP contribution in [-0.4, -0.2) is 27.8 Å². The average molecular weight is 260 g/mol. The second-order valence-electron chi connectivity index (χ2n) is 3.44. The van der Waals surface area contributed by atoms with E-state index in [0.717, 1.165) is 18.2 Å². The standard InChI is InChI=1S/C11H10F2O5/c1-2-11(9(14)15,10(16)17)18-7-5-3-4-6(12)8(7)13/h3-5H,2H2,1H3,(H,14,15)(H,16,17). The number of halogens is 2. The van der Waals surface area contributed by atoms with Crippen molar-refractivity contribution in [3.05, 3.63) is 29.8 Å². The molecule has 5 nitrogen and oxygen atoms in total. The van der Waals surface area contributed by atoms with E-state index in [1.165, 1.54) is 6.92 Å². The molecular weight excluding hydrogens is 250 g/mol. The molecule has 0 aliphatic carbocycles. The molecule has 2 N–H and O–H groups in total. The van der Waals surface area contributed by atoms with E-state index in [1.54, 1.807) is 0 Å². The summed E-state index contributed by atoms with van der Waals surface area (Å²) in [4.78, 5) is 21.9. The van der Waals surface area contributed by atoms with Gasteiger partial charge in [0, 0.05) is 6.42 Å². The van der Waals surface area contributed by atoms with Crippen LogP contribution in [0.25, 0.3) is 0 Å². The Hall–Kier alpha value is -2.18. The minimum atomic E-state index is -2.64. The van der Waals surface area contributed by atoms with E-state index < -0.39 is 41.3 Å². The molecule has 1 rings (SSSR count). The van der Waals surface area contributed by atoms with Crippen molar-refractivity contribution in [3.8, 4) is 5.75 Å². The lowest BCUT2D eigenvalue weighted by Gasteiger charge is -2.24. The topological polar surface area (TPSA) is 83.8 Å². The molecule has 98 valence electrons. The number of hydrogen-bond donors (Lipinski definition) is 2. The predicted molar refractivity (Wildman–Crippen MR) is 55.3 cm³/mol. The van der Waals surface area contributed by atoms with Crippen molar-refractivity contribution >= 4 is 11.9 Å². The van der Waals surface area contributed by atoms with E-state index in [0.29, 0.717) is 0 Å². The van der Waals surface area contributed by atoms with Crippen LogP contribution in [0, 0.1) is 11.6 Å². The minimum absolute atomic E-state index is 0.451. The number of rotatable bonds is 5. The van der Waals surface area contributed by atoms with Gasteiger partial charge in [-0.3, -0.25) is 0 Å². The van der Waals surface area contributed by atoms with Gasteiger partial charge in [-0.2, -0.15) is 4.39 Å². The molecule has 0 fully saturated rings. The zero-order valence-corrected chi connectivity index (χ0v) is 9.31. The van der Waals surface area contributed by atoms with Crippen molar-refractivity contribution in [1.29, 1.82) is 0 Å². The number of hydrogen-bond acceptors (Lipinski definition) is 3. The Morgan fingerprint density at radius 1 is 1.28 bits per heavy atom. The van der Waals surface area contributed by atoms with Gasteiger partial charge in [0.25, 0.3) is 0 Å². The highest BCUT2D eigenvalue weighted by atomic mass is 19.2. The maximum atomic E-state index is 13.3. The van der Waals surface area contributed by atoms with Gasteiger partial charge in [0.2, 0.25) is 5.82 Å². The molecule has 0 radical (unpaired) electrons. The Balaban J connectivity index is 3.23. The van der Waals surface area contributed by atoms with Crippen LogP contribution in [0.3, 0.4) is 0 Å². The molecule has 0 aromatic heterocycles. The molecule has 1 aromatic carbocycles. The van der Waals surface area contributed by atoms with Gasteiger partial charge in [-0.1, -0.05) is 13.0 Å². The van der Waals surface area contributed by atoms with Gasteiger partial charge < -0.3 is 14.9 Å². The van der Waals surface area contributed by atoms with Gasteiger partial charge in [0.15, 0.2) is 11.6 Å². The van der Waals surface area contributed by atoms with Gasteiger partial charge in [-0.05, 0) is 12.1 Å². The van der Waals surface area contributed by atoms with Crippen LogP contribution < -0.4 is 4.74 Å². The lowest BCUT2D eigenvalue weighted by molar-refractivity contribution is -0.172. The van der Waals surface area contributed by atoms with Crippen molar-refractivity contribution in [2.75, 3.05) is 0 Å². The number of carbonyl (C=O) groups is 2. The van der Waals surface area contributed by atoms with Crippen molar-refractivity contribution in [2.45, 2.75) is 18.9 Å². The smallest absolute Gasteiger partial charge is 0.360 e. The van der Waals surface area contributed by atoms with Crippen LogP contribution in [0.5, 0.6) is 5.75 Å². The zero-order valence-electron chi connectivity index (χ0n) is 9.31. The summed E-state index contributed by atoms with van der Waals surface area (Å²) in [5, 5.41) is 17.8. The first-order chi connectivity index (χ1) is 8.35. The summed E-state index contributed by atoms with van der Waals surface area (Å²) in [5.74, 6) is -7.03. The summed E-state index contributed by atoms with van der Waals surface area (Å²) in [5.41, 5.74) is -2.64. The number of carboxylic acid groups (broad SMARTS) is 2. The molecule has 0 amide bonds. The van der Waals surface area contributed by atoms with E-state index in [-0.39, 0.29) is 0 Å². The molecule has 0 aliphatic rings. The molecule has 1 aromatic rings. The predicted octanol–water partition coefficient (Wildman–Crippen LogP) is 1.66. The molecule has 0 unspecified atom stereocenters. The van der Waals surface area contributed by atoms with Crippen LogP contribution in [0.2, 0.25) is 0 Å². The Bertz CT molecular complexity index is 472. The van der Waals surface area contributed by atoms with E-state index in [1.807, 2.05) is 0 Å². The summed E-state index contributed by atoms with van der Waals surface area (Å²) in [6.45, 7) is 1.25. The third-order valence-electron chi connectivity index (χ3n) is 2.39. The normalized spacial score (nSPS) is 11.1. The van der Waals surface area contributed by atoms with Gasteiger partial charge in [-0.15, -0.1) is 0 Å². The summed E-state index contributed by atoms with van der Waals surface area (Å²) in [6, 6.07) is 2.84. The van der Waals surface area contributed by atoms with E-state index in [4.69, 9.17) is 10.2 Å². The fourth-order valence-electron chi connectivity index (χ4n) is 1.30. The molecule has 0 saturated carbocycles. The Kier molecular flexibility index (Phi) is 3.85. The monoisotopic (exact) mass is 260 g/mol. The molecule has 0 saturated heterocycles. The number of carboxylic acids is 2. The molecular formula is C11H10F2O5. The van der Waals surface area contributed by atoms with Gasteiger partial charge in [-0.25, -0.2) is 14.0 Å². The highest BCUT2D eigenvalue weighted by Gasteiger charge is 2.48. The zero-order chi connectivity index (χ0) is 13.9. The van der Waals surface area contributed by atoms with Crippen molar-refractivity contribution in [2.24, 2.45) is 0 Å². The molecule has 0 heterocycles. The fourth-order valence-corrected chi connectivity index (χ4v) is 1.30. The molecule has 7 heteroatoms. The third-order valence-corrected chi connectivity index (χ3v) is 2.39. The quantitative estimate of drug-likeness (QED) is 0.786. The van der Waals surface area contributed by atoms with Crippen LogP contribution in [-0.2, 0) is 9.59 Å². The molecule has 0 aliphatic heterocycles. The highest BCUT2D eigenvalue weighted by Crippen LogP contribution is 2.26. The Labute approximate surface area is 101 Å². The first-order valence-corrected chi connectivity index (χ1v) is 4.95. The Morgan fingerprint density at radius 2 is 1.83 bits per heavy atom. The maximum Gasteiger partial charge on any atom is 0.360 e. The van der Waals surface area contributed by atoms with E-state index in [2.05, 4.69) is 4.74 Å². The lowest BCUT2D eigenvalue weighted by Crippen LogP contribution is -2.51. The second kappa shape index (κ2) is 4.99. The molecule has 0 bridgehead atoms. The highest BCUT2D eigenvalue weighted by molar-refractivity contribution is 6.02. The van der Waals surface area contributed by atoms with Crippen molar-refractivity contribution in [3.63, 3.8) is 0 Å². The number of aliphatic carboxylic acids is 2. The number of benzene rings is 1. The lowest BCUT2D eigenvalue weighted by atomic mass is 10.0.